The molecule has 0 aliphatic heterocycles. The predicted molar refractivity (Wildman–Crippen MR) is 62.9 cm³/mol. The molecule has 0 aromatic heterocycles. The third kappa shape index (κ3) is 2.40. The first kappa shape index (κ1) is 11.9. The Labute approximate surface area is 97.7 Å². The van der Waals surface area contributed by atoms with Crippen LogP contribution in [0, 0.1) is 5.92 Å². The summed E-state index contributed by atoms with van der Waals surface area (Å²) < 4.78 is 5.43. The van der Waals surface area contributed by atoms with E-state index < -0.39 is 5.54 Å². The SMILES string of the molecule is CCC1CCC(N)(C(=O)OC2CCC2)CC1. The third-order valence-corrected chi connectivity index (χ3v) is 4.31. The maximum absolute atomic E-state index is 12.0. The lowest BCUT2D eigenvalue weighted by molar-refractivity contribution is -0.161. The number of carbonyl (C=O) groups excluding carboxylic acids is 1. The predicted octanol–water partition coefficient (Wildman–Crippen LogP) is 2.38. The molecule has 0 atom stereocenters. The fraction of sp³-hybridized carbons (Fsp3) is 0.923. The average Bonchev–Trinajstić information content (AvgIpc) is 2.24. The smallest absolute Gasteiger partial charge is 0.326 e. The molecule has 0 unspecified atom stereocenters. The lowest BCUT2D eigenvalue weighted by Gasteiger charge is -2.37. The summed E-state index contributed by atoms with van der Waals surface area (Å²) in [5.41, 5.74) is 5.49. The number of rotatable bonds is 3. The van der Waals surface area contributed by atoms with Gasteiger partial charge in [-0.15, -0.1) is 0 Å². The Balaban J connectivity index is 1.84. The Bertz CT molecular complexity index is 253. The number of hydrogen-bond acceptors (Lipinski definition) is 3. The quantitative estimate of drug-likeness (QED) is 0.750. The highest BCUT2D eigenvalue weighted by Gasteiger charge is 2.40. The molecule has 3 nitrogen and oxygen atoms in total. The van der Waals surface area contributed by atoms with Crippen molar-refractivity contribution in [2.75, 3.05) is 0 Å². The van der Waals surface area contributed by atoms with Crippen LogP contribution in [0.4, 0.5) is 0 Å². The maximum atomic E-state index is 12.0. The summed E-state index contributed by atoms with van der Waals surface area (Å²) in [4.78, 5) is 12.0. The second kappa shape index (κ2) is 4.74. The molecule has 0 bridgehead atoms. The maximum Gasteiger partial charge on any atom is 0.326 e. The number of ether oxygens (including phenoxy) is 1. The minimum absolute atomic E-state index is 0.147. The van der Waals surface area contributed by atoms with Crippen molar-refractivity contribution in [3.05, 3.63) is 0 Å². The number of carbonyl (C=O) groups is 1. The summed E-state index contributed by atoms with van der Waals surface area (Å²) in [5.74, 6) is 0.611. The van der Waals surface area contributed by atoms with Crippen LogP contribution in [0.3, 0.4) is 0 Å². The highest BCUT2D eigenvalue weighted by Crippen LogP contribution is 2.34. The van der Waals surface area contributed by atoms with Gasteiger partial charge in [0.25, 0.3) is 0 Å². The van der Waals surface area contributed by atoms with Crippen molar-refractivity contribution in [1.82, 2.24) is 0 Å². The van der Waals surface area contributed by atoms with E-state index in [1.807, 2.05) is 0 Å². The highest BCUT2D eigenvalue weighted by atomic mass is 16.5. The Morgan fingerprint density at radius 2 is 1.94 bits per heavy atom. The topological polar surface area (TPSA) is 52.3 Å². The average molecular weight is 225 g/mol. The van der Waals surface area contributed by atoms with Crippen molar-refractivity contribution in [2.24, 2.45) is 11.7 Å². The van der Waals surface area contributed by atoms with Gasteiger partial charge in [-0.25, -0.2) is 0 Å². The van der Waals surface area contributed by atoms with Crippen molar-refractivity contribution < 1.29 is 9.53 Å². The zero-order chi connectivity index (χ0) is 11.6. The Kier molecular flexibility index (Phi) is 3.53. The van der Waals surface area contributed by atoms with E-state index in [1.165, 1.54) is 12.8 Å². The zero-order valence-electron chi connectivity index (χ0n) is 10.2. The first-order chi connectivity index (χ1) is 7.64. The molecule has 16 heavy (non-hydrogen) atoms. The van der Waals surface area contributed by atoms with E-state index in [2.05, 4.69) is 6.92 Å². The van der Waals surface area contributed by atoms with Gasteiger partial charge in [-0.05, 0) is 50.9 Å². The number of esters is 1. The van der Waals surface area contributed by atoms with Gasteiger partial charge in [0.15, 0.2) is 0 Å². The molecular formula is C13H23NO2. The van der Waals surface area contributed by atoms with Crippen LogP contribution in [0.2, 0.25) is 0 Å². The van der Waals surface area contributed by atoms with Gasteiger partial charge in [0.1, 0.15) is 11.6 Å². The molecule has 0 aromatic carbocycles. The Morgan fingerprint density at radius 3 is 2.38 bits per heavy atom. The van der Waals surface area contributed by atoms with E-state index in [9.17, 15) is 4.79 Å². The van der Waals surface area contributed by atoms with E-state index in [0.29, 0.717) is 0 Å². The molecule has 3 heteroatoms. The molecule has 2 N–H and O–H groups in total. The Hall–Kier alpha value is -0.570. The van der Waals surface area contributed by atoms with E-state index in [-0.39, 0.29) is 12.1 Å². The molecule has 92 valence electrons. The van der Waals surface area contributed by atoms with Crippen LogP contribution in [0.15, 0.2) is 0 Å². The minimum Gasteiger partial charge on any atom is -0.461 e. The molecule has 2 saturated carbocycles. The van der Waals surface area contributed by atoms with Gasteiger partial charge >= 0.3 is 5.97 Å². The van der Waals surface area contributed by atoms with Crippen LogP contribution in [0.5, 0.6) is 0 Å². The van der Waals surface area contributed by atoms with Crippen molar-refractivity contribution in [2.45, 2.75) is 69.9 Å². The van der Waals surface area contributed by atoms with Crippen LogP contribution in [-0.2, 0) is 9.53 Å². The molecule has 2 aliphatic rings. The minimum atomic E-state index is -0.679. The van der Waals surface area contributed by atoms with Crippen LogP contribution in [0.25, 0.3) is 0 Å². The molecule has 0 amide bonds. The zero-order valence-corrected chi connectivity index (χ0v) is 10.2. The van der Waals surface area contributed by atoms with Crippen molar-refractivity contribution in [3.8, 4) is 0 Å². The fourth-order valence-electron chi connectivity index (χ4n) is 2.56. The van der Waals surface area contributed by atoms with Gasteiger partial charge in [-0.2, -0.15) is 0 Å². The van der Waals surface area contributed by atoms with Crippen molar-refractivity contribution in [3.63, 3.8) is 0 Å². The van der Waals surface area contributed by atoms with E-state index in [1.54, 1.807) is 0 Å². The fourth-order valence-corrected chi connectivity index (χ4v) is 2.56. The summed E-state index contributed by atoms with van der Waals surface area (Å²) in [6, 6.07) is 0. The van der Waals surface area contributed by atoms with Crippen LogP contribution >= 0.6 is 0 Å². The molecular weight excluding hydrogens is 202 g/mol. The molecule has 2 fully saturated rings. The van der Waals surface area contributed by atoms with Crippen LogP contribution in [0.1, 0.15) is 58.3 Å². The summed E-state index contributed by atoms with van der Waals surface area (Å²) >= 11 is 0. The first-order valence-electron chi connectivity index (χ1n) is 6.64. The third-order valence-electron chi connectivity index (χ3n) is 4.31. The first-order valence-corrected chi connectivity index (χ1v) is 6.64. The van der Waals surface area contributed by atoms with Gasteiger partial charge in [0, 0.05) is 0 Å². The second-order valence-electron chi connectivity index (χ2n) is 5.47. The van der Waals surface area contributed by atoms with Gasteiger partial charge in [-0.1, -0.05) is 13.3 Å². The van der Waals surface area contributed by atoms with Crippen molar-refractivity contribution in [1.29, 1.82) is 0 Å². The second-order valence-corrected chi connectivity index (χ2v) is 5.47. The number of nitrogens with two attached hydrogens (primary N) is 1. The van der Waals surface area contributed by atoms with E-state index in [4.69, 9.17) is 10.5 Å². The molecule has 0 radical (unpaired) electrons. The molecule has 2 aliphatic carbocycles. The Morgan fingerprint density at radius 1 is 1.31 bits per heavy atom. The van der Waals surface area contributed by atoms with Gasteiger partial charge in [-0.3, -0.25) is 4.79 Å². The molecule has 0 heterocycles. The van der Waals surface area contributed by atoms with Gasteiger partial charge in [0.2, 0.25) is 0 Å². The van der Waals surface area contributed by atoms with E-state index >= 15 is 0 Å². The molecule has 0 aromatic rings. The summed E-state index contributed by atoms with van der Waals surface area (Å²) in [6.07, 6.45) is 8.37. The van der Waals surface area contributed by atoms with Gasteiger partial charge < -0.3 is 10.5 Å². The van der Waals surface area contributed by atoms with Gasteiger partial charge in [0.05, 0.1) is 0 Å². The normalized spacial score (nSPS) is 35.5. The molecule has 2 rings (SSSR count). The summed E-state index contributed by atoms with van der Waals surface area (Å²) in [5, 5.41) is 0. The standard InChI is InChI=1S/C13H23NO2/c1-2-10-6-8-13(14,9-7-10)12(15)16-11-4-3-5-11/h10-11H,2-9,14H2,1H3. The monoisotopic (exact) mass is 225 g/mol. The molecule has 0 spiro atoms. The lowest BCUT2D eigenvalue weighted by atomic mass is 9.76. The van der Waals surface area contributed by atoms with Crippen molar-refractivity contribution >= 4 is 5.97 Å². The van der Waals surface area contributed by atoms with Crippen LogP contribution in [-0.4, -0.2) is 17.6 Å². The van der Waals surface area contributed by atoms with Crippen LogP contribution < -0.4 is 5.73 Å². The molecule has 0 saturated heterocycles. The lowest BCUT2D eigenvalue weighted by Crippen LogP contribution is -2.52. The van der Waals surface area contributed by atoms with E-state index in [0.717, 1.165) is 44.4 Å². The summed E-state index contributed by atoms with van der Waals surface area (Å²) in [7, 11) is 0. The highest BCUT2D eigenvalue weighted by molar-refractivity contribution is 5.80. The number of hydrogen-bond donors (Lipinski definition) is 1. The summed E-state index contributed by atoms with van der Waals surface area (Å²) in [6.45, 7) is 2.21. The largest absolute Gasteiger partial charge is 0.461 e.